The van der Waals surface area contributed by atoms with Gasteiger partial charge in [0.05, 0.1) is 11.6 Å². The molecule has 94 valence electrons. The Bertz CT molecular complexity index is 540. The van der Waals surface area contributed by atoms with E-state index in [1.165, 1.54) is 11.3 Å². The second-order valence-corrected chi connectivity index (χ2v) is 5.00. The van der Waals surface area contributed by atoms with Crippen LogP contribution in [-0.4, -0.2) is 16.8 Å². The zero-order chi connectivity index (χ0) is 13.0. The first kappa shape index (κ1) is 13.1. The van der Waals surface area contributed by atoms with E-state index in [1.807, 2.05) is 41.8 Å². The van der Waals surface area contributed by atoms with Crippen molar-refractivity contribution < 1.29 is 5.11 Å². The minimum absolute atomic E-state index is 0.192. The van der Waals surface area contributed by atoms with E-state index in [-0.39, 0.29) is 5.88 Å². The maximum absolute atomic E-state index is 10.2. The quantitative estimate of drug-likeness (QED) is 0.514. The van der Waals surface area contributed by atoms with E-state index in [0.717, 1.165) is 10.4 Å². The van der Waals surface area contributed by atoms with E-state index in [0.29, 0.717) is 11.5 Å². The Morgan fingerprint density at radius 1 is 1.39 bits per heavy atom. The average Bonchev–Trinajstić information content (AvgIpc) is 2.92. The van der Waals surface area contributed by atoms with Crippen LogP contribution in [0.3, 0.4) is 0 Å². The van der Waals surface area contributed by atoms with Gasteiger partial charge in [-0.15, -0.1) is 22.9 Å². The van der Waals surface area contributed by atoms with Crippen LogP contribution in [0.5, 0.6) is 0 Å². The smallest absolute Gasteiger partial charge is 0.115 e. The van der Waals surface area contributed by atoms with Crippen LogP contribution in [0.15, 0.2) is 46.8 Å². The Morgan fingerprint density at radius 3 is 2.89 bits per heavy atom. The molecule has 2 aromatic rings. The molecule has 0 saturated carbocycles. The fraction of sp³-hybridized carbons (Fsp3) is 0.154. The van der Waals surface area contributed by atoms with Gasteiger partial charge >= 0.3 is 0 Å². The summed E-state index contributed by atoms with van der Waals surface area (Å²) in [6, 6.07) is 11.1. The molecule has 1 aromatic carbocycles. The normalized spacial score (nSPS) is 13.6. The number of aliphatic hydroxyl groups excluding tert-OH is 1. The first-order valence-electron chi connectivity index (χ1n) is 5.41. The molecule has 3 N–H and O–H groups in total. The van der Waals surface area contributed by atoms with Crippen LogP contribution < -0.4 is 5.73 Å². The second kappa shape index (κ2) is 6.00. The minimum Gasteiger partial charge on any atom is -0.386 e. The monoisotopic (exact) mass is 280 g/mol. The molecule has 1 heterocycles. The summed E-state index contributed by atoms with van der Waals surface area (Å²) >= 11 is 7.10. The Balaban J connectivity index is 2.27. The molecule has 0 spiro atoms. The van der Waals surface area contributed by atoms with Crippen LogP contribution in [0.4, 0.5) is 5.69 Å². The van der Waals surface area contributed by atoms with Gasteiger partial charge in [0, 0.05) is 4.88 Å². The lowest BCUT2D eigenvalue weighted by molar-refractivity contribution is 0.224. The third kappa shape index (κ3) is 3.10. The van der Waals surface area contributed by atoms with Crippen molar-refractivity contribution in [3.8, 4) is 0 Å². The summed E-state index contributed by atoms with van der Waals surface area (Å²) in [7, 11) is 0. The lowest BCUT2D eigenvalue weighted by atomic mass is 10.1. The van der Waals surface area contributed by atoms with Gasteiger partial charge in [-0.25, -0.2) is 4.99 Å². The number of benzene rings is 1. The predicted octanol–water partition coefficient (Wildman–Crippen LogP) is 3.06. The molecule has 0 aliphatic carbocycles. The van der Waals surface area contributed by atoms with Crippen molar-refractivity contribution in [1.82, 2.24) is 0 Å². The average molecular weight is 281 g/mol. The maximum Gasteiger partial charge on any atom is 0.115 e. The summed E-state index contributed by atoms with van der Waals surface area (Å²) in [6.07, 6.45) is -0.627. The van der Waals surface area contributed by atoms with E-state index < -0.39 is 6.10 Å². The highest BCUT2D eigenvalue weighted by Crippen LogP contribution is 2.28. The van der Waals surface area contributed by atoms with Crippen LogP contribution >= 0.6 is 22.9 Å². The number of halogens is 1. The molecule has 5 heteroatoms. The van der Waals surface area contributed by atoms with Gasteiger partial charge in [0.15, 0.2) is 0 Å². The van der Waals surface area contributed by atoms with Crippen molar-refractivity contribution in [2.45, 2.75) is 6.10 Å². The summed E-state index contributed by atoms with van der Waals surface area (Å²) in [5.41, 5.74) is 7.07. The molecule has 0 aliphatic rings. The van der Waals surface area contributed by atoms with Crippen molar-refractivity contribution in [3.63, 3.8) is 0 Å². The van der Waals surface area contributed by atoms with Crippen LogP contribution in [0.2, 0.25) is 0 Å². The molecular weight excluding hydrogens is 268 g/mol. The molecular formula is C13H13ClN2OS. The summed E-state index contributed by atoms with van der Waals surface area (Å²) < 4.78 is 0. The van der Waals surface area contributed by atoms with Crippen LogP contribution in [0, 0.1) is 0 Å². The number of alkyl halides is 1. The highest BCUT2D eigenvalue weighted by molar-refractivity contribution is 7.10. The molecule has 0 fully saturated rings. The van der Waals surface area contributed by atoms with Crippen LogP contribution in [0.1, 0.15) is 16.5 Å². The number of aliphatic hydroxyl groups is 1. The SMILES string of the molecule is NC(CCl)=Nc1cccc(C(O)c2cccs2)c1. The number of aliphatic imine (C=N–C) groups is 1. The zero-order valence-corrected chi connectivity index (χ0v) is 11.2. The Labute approximate surface area is 115 Å². The zero-order valence-electron chi connectivity index (χ0n) is 9.58. The predicted molar refractivity (Wildman–Crippen MR) is 76.8 cm³/mol. The van der Waals surface area contributed by atoms with Crippen molar-refractivity contribution in [2.75, 3.05) is 5.88 Å². The van der Waals surface area contributed by atoms with Gasteiger partial charge in [0.1, 0.15) is 11.9 Å². The Hall–Kier alpha value is -1.36. The third-order valence-electron chi connectivity index (χ3n) is 2.41. The van der Waals surface area contributed by atoms with Crippen molar-refractivity contribution in [1.29, 1.82) is 0 Å². The molecule has 18 heavy (non-hydrogen) atoms. The first-order valence-corrected chi connectivity index (χ1v) is 6.82. The van der Waals surface area contributed by atoms with E-state index >= 15 is 0 Å². The maximum atomic E-state index is 10.2. The molecule has 0 saturated heterocycles. The van der Waals surface area contributed by atoms with Gasteiger partial charge < -0.3 is 10.8 Å². The molecule has 0 amide bonds. The van der Waals surface area contributed by atoms with Gasteiger partial charge in [0.25, 0.3) is 0 Å². The molecule has 2 rings (SSSR count). The Kier molecular flexibility index (Phi) is 4.36. The van der Waals surface area contributed by atoms with E-state index in [4.69, 9.17) is 17.3 Å². The number of rotatable bonds is 4. The van der Waals surface area contributed by atoms with Crippen molar-refractivity contribution >= 4 is 34.5 Å². The summed E-state index contributed by atoms with van der Waals surface area (Å²) in [6.45, 7) is 0. The number of nitrogens with two attached hydrogens (primary N) is 1. The fourth-order valence-electron chi connectivity index (χ4n) is 1.57. The van der Waals surface area contributed by atoms with Gasteiger partial charge in [-0.1, -0.05) is 18.2 Å². The summed E-state index contributed by atoms with van der Waals surface area (Å²) in [5, 5.41) is 12.1. The first-order chi connectivity index (χ1) is 8.70. The summed E-state index contributed by atoms with van der Waals surface area (Å²) in [5.74, 6) is 0.553. The molecule has 1 aromatic heterocycles. The lowest BCUT2D eigenvalue weighted by Gasteiger charge is -2.09. The topological polar surface area (TPSA) is 58.6 Å². The number of thiophene rings is 1. The van der Waals surface area contributed by atoms with Gasteiger partial charge in [-0.2, -0.15) is 0 Å². The molecule has 0 bridgehead atoms. The van der Waals surface area contributed by atoms with Gasteiger partial charge in [0.2, 0.25) is 0 Å². The van der Waals surface area contributed by atoms with Gasteiger partial charge in [-0.3, -0.25) is 0 Å². The standard InChI is InChI=1S/C13H13ClN2OS/c14-8-12(15)16-10-4-1-3-9(7-10)13(17)11-5-2-6-18-11/h1-7,13,17H,8H2,(H2,15,16). The van der Waals surface area contributed by atoms with E-state index in [2.05, 4.69) is 4.99 Å². The van der Waals surface area contributed by atoms with Crippen LogP contribution in [-0.2, 0) is 0 Å². The van der Waals surface area contributed by atoms with E-state index in [9.17, 15) is 5.11 Å². The second-order valence-electron chi connectivity index (χ2n) is 3.75. The largest absolute Gasteiger partial charge is 0.386 e. The van der Waals surface area contributed by atoms with E-state index in [1.54, 1.807) is 0 Å². The molecule has 1 unspecified atom stereocenters. The highest BCUT2D eigenvalue weighted by Gasteiger charge is 2.11. The summed E-state index contributed by atoms with van der Waals surface area (Å²) in [4.78, 5) is 5.06. The molecule has 3 nitrogen and oxygen atoms in total. The lowest BCUT2D eigenvalue weighted by Crippen LogP contribution is -2.12. The molecule has 1 atom stereocenters. The minimum atomic E-state index is -0.627. The number of hydrogen-bond donors (Lipinski definition) is 2. The van der Waals surface area contributed by atoms with Crippen molar-refractivity contribution in [3.05, 3.63) is 52.2 Å². The number of nitrogens with zero attached hydrogens (tertiary/aromatic N) is 1. The van der Waals surface area contributed by atoms with Gasteiger partial charge in [-0.05, 0) is 29.1 Å². The number of amidine groups is 1. The highest BCUT2D eigenvalue weighted by atomic mass is 35.5. The third-order valence-corrected chi connectivity index (χ3v) is 3.61. The van der Waals surface area contributed by atoms with Crippen molar-refractivity contribution in [2.24, 2.45) is 10.7 Å². The van der Waals surface area contributed by atoms with Crippen LogP contribution in [0.25, 0.3) is 0 Å². The fourth-order valence-corrected chi connectivity index (χ4v) is 2.37. The number of hydrogen-bond acceptors (Lipinski definition) is 3. The molecule has 0 aliphatic heterocycles. The Morgan fingerprint density at radius 2 is 2.22 bits per heavy atom. The molecule has 0 radical (unpaired) electrons.